The van der Waals surface area contributed by atoms with E-state index in [1.807, 2.05) is 0 Å². The van der Waals surface area contributed by atoms with E-state index in [0.717, 1.165) is 25.5 Å². The minimum Gasteiger partial charge on any atom is -0.373 e. The molecule has 0 radical (unpaired) electrons. The number of nitrogens with one attached hydrogen (secondary N) is 2. The van der Waals surface area contributed by atoms with Crippen LogP contribution in [0.1, 0.15) is 58.3 Å². The van der Waals surface area contributed by atoms with Crippen LogP contribution in [-0.2, 0) is 4.74 Å². The Kier molecular flexibility index (Phi) is 6.32. The van der Waals surface area contributed by atoms with Crippen molar-refractivity contribution in [2.45, 2.75) is 82.1 Å². The topological polar surface area (TPSA) is 48.9 Å². The summed E-state index contributed by atoms with van der Waals surface area (Å²) in [6.45, 7) is 6.50. The van der Waals surface area contributed by atoms with Gasteiger partial charge >= 0.3 is 0 Å². The molecule has 2 N–H and O–H groups in total. The maximum absolute atomic E-state index is 6.02. The molecule has 1 saturated carbocycles. The van der Waals surface area contributed by atoms with Crippen molar-refractivity contribution in [2.75, 3.05) is 37.7 Å². The number of hydrogen-bond acceptors (Lipinski definition) is 4. The van der Waals surface area contributed by atoms with E-state index in [2.05, 4.69) is 34.2 Å². The lowest BCUT2D eigenvalue weighted by Gasteiger charge is -2.47. The van der Waals surface area contributed by atoms with Crippen LogP contribution in [0, 0.1) is 0 Å². The van der Waals surface area contributed by atoms with Gasteiger partial charge in [0.15, 0.2) is 5.96 Å². The Morgan fingerprint density at radius 1 is 1.19 bits per heavy atom. The van der Waals surface area contributed by atoms with Gasteiger partial charge in [-0.15, -0.1) is 0 Å². The summed E-state index contributed by atoms with van der Waals surface area (Å²) in [5.41, 5.74) is 0.298. The molecule has 4 rings (SSSR count). The van der Waals surface area contributed by atoms with Crippen molar-refractivity contribution in [3.05, 3.63) is 0 Å². The Labute approximate surface area is 163 Å². The summed E-state index contributed by atoms with van der Waals surface area (Å²) >= 11 is 2.11. The lowest BCUT2D eigenvalue weighted by atomic mass is 9.80. The molecule has 4 aliphatic rings. The number of ether oxygens (including phenoxy) is 1. The molecule has 3 unspecified atom stereocenters. The zero-order valence-electron chi connectivity index (χ0n) is 16.3. The van der Waals surface area contributed by atoms with Gasteiger partial charge in [-0.25, -0.2) is 0 Å². The summed E-state index contributed by atoms with van der Waals surface area (Å²) in [4.78, 5) is 7.90. The van der Waals surface area contributed by atoms with Gasteiger partial charge in [0, 0.05) is 36.7 Å². The molecule has 5 nitrogen and oxygen atoms in total. The predicted octanol–water partition coefficient (Wildman–Crippen LogP) is 2.61. The van der Waals surface area contributed by atoms with E-state index in [0.29, 0.717) is 23.8 Å². The van der Waals surface area contributed by atoms with Crippen LogP contribution in [0.15, 0.2) is 4.99 Å². The smallest absolute Gasteiger partial charge is 0.191 e. The van der Waals surface area contributed by atoms with E-state index < -0.39 is 0 Å². The van der Waals surface area contributed by atoms with Crippen LogP contribution in [0.2, 0.25) is 0 Å². The first kappa shape index (κ1) is 18.9. The van der Waals surface area contributed by atoms with Gasteiger partial charge in [0.1, 0.15) is 0 Å². The Hall–Kier alpha value is -0.460. The van der Waals surface area contributed by atoms with Crippen LogP contribution < -0.4 is 10.6 Å². The average molecular weight is 381 g/mol. The minimum atomic E-state index is 0.298. The maximum Gasteiger partial charge on any atom is 0.191 e. The van der Waals surface area contributed by atoms with E-state index in [1.54, 1.807) is 0 Å². The van der Waals surface area contributed by atoms with Crippen LogP contribution in [0.25, 0.3) is 0 Å². The van der Waals surface area contributed by atoms with Gasteiger partial charge in [0.2, 0.25) is 0 Å². The fourth-order valence-electron chi connectivity index (χ4n) is 5.33. The van der Waals surface area contributed by atoms with Crippen LogP contribution >= 0.6 is 11.8 Å². The first-order valence-corrected chi connectivity index (χ1v) is 12.0. The van der Waals surface area contributed by atoms with Gasteiger partial charge in [-0.05, 0) is 39.0 Å². The Bertz CT molecular complexity index is 488. The second-order valence-electron chi connectivity index (χ2n) is 8.44. The highest BCUT2D eigenvalue weighted by atomic mass is 32.2. The van der Waals surface area contributed by atoms with Crippen molar-refractivity contribution < 1.29 is 4.74 Å². The van der Waals surface area contributed by atoms with Crippen LogP contribution in [0.4, 0.5) is 0 Å². The molecule has 0 aromatic heterocycles. The first-order valence-electron chi connectivity index (χ1n) is 10.8. The van der Waals surface area contributed by atoms with Gasteiger partial charge in [0.25, 0.3) is 0 Å². The third-order valence-corrected chi connectivity index (χ3v) is 7.71. The van der Waals surface area contributed by atoms with Crippen LogP contribution in [0.3, 0.4) is 0 Å². The van der Waals surface area contributed by atoms with Gasteiger partial charge in [-0.1, -0.05) is 19.3 Å². The number of fused-ring (bicyclic) bond motifs is 2. The third kappa shape index (κ3) is 4.17. The lowest BCUT2D eigenvalue weighted by molar-refractivity contribution is 0.0671. The molecule has 1 aliphatic carbocycles. The zero-order chi connectivity index (χ0) is 17.8. The molecule has 4 fully saturated rings. The third-order valence-electron chi connectivity index (χ3n) is 6.77. The van der Waals surface area contributed by atoms with Crippen LogP contribution in [0.5, 0.6) is 0 Å². The molecule has 26 heavy (non-hydrogen) atoms. The highest BCUT2D eigenvalue weighted by Crippen LogP contribution is 2.36. The summed E-state index contributed by atoms with van der Waals surface area (Å²) in [5, 5.41) is 7.19. The Morgan fingerprint density at radius 2 is 2.00 bits per heavy atom. The van der Waals surface area contributed by atoms with Crippen molar-refractivity contribution in [1.29, 1.82) is 0 Å². The van der Waals surface area contributed by atoms with Crippen molar-refractivity contribution in [1.82, 2.24) is 15.5 Å². The molecule has 3 aliphatic heterocycles. The van der Waals surface area contributed by atoms with E-state index in [4.69, 9.17) is 9.73 Å². The predicted molar refractivity (Wildman–Crippen MR) is 110 cm³/mol. The maximum atomic E-state index is 6.02. The van der Waals surface area contributed by atoms with Gasteiger partial charge < -0.3 is 15.4 Å². The summed E-state index contributed by atoms with van der Waals surface area (Å²) in [7, 11) is 0. The number of nitrogens with zero attached hydrogens (tertiary/aromatic N) is 2. The Balaban J connectivity index is 1.43. The molecule has 0 aromatic rings. The van der Waals surface area contributed by atoms with E-state index in [1.165, 1.54) is 69.5 Å². The van der Waals surface area contributed by atoms with E-state index in [9.17, 15) is 0 Å². The number of hydrogen-bond donors (Lipinski definition) is 2. The van der Waals surface area contributed by atoms with Crippen LogP contribution in [-0.4, -0.2) is 72.3 Å². The molecular weight excluding hydrogens is 344 g/mol. The van der Waals surface area contributed by atoms with Crippen molar-refractivity contribution in [3.8, 4) is 0 Å². The number of guanidine groups is 1. The zero-order valence-corrected chi connectivity index (χ0v) is 17.2. The highest BCUT2D eigenvalue weighted by Gasteiger charge is 2.42. The summed E-state index contributed by atoms with van der Waals surface area (Å²) in [6, 6.07) is 0.445. The summed E-state index contributed by atoms with van der Waals surface area (Å²) in [5.74, 6) is 3.57. The molecule has 148 valence electrons. The molecule has 0 aromatic carbocycles. The normalized spacial score (nSPS) is 34.8. The first-order chi connectivity index (χ1) is 12.8. The second-order valence-corrected chi connectivity index (χ2v) is 9.66. The minimum absolute atomic E-state index is 0.298. The largest absolute Gasteiger partial charge is 0.373 e. The second kappa shape index (κ2) is 8.70. The molecule has 3 heterocycles. The van der Waals surface area contributed by atoms with Gasteiger partial charge in [-0.2, -0.15) is 11.8 Å². The molecule has 0 amide bonds. The highest BCUT2D eigenvalue weighted by molar-refractivity contribution is 7.99. The van der Waals surface area contributed by atoms with E-state index >= 15 is 0 Å². The quantitative estimate of drug-likeness (QED) is 0.567. The number of thioether (sulfide) groups is 1. The molecule has 6 heteroatoms. The SMILES string of the molecule is CCNC(=NCC1(N2CCSCC2)CCCCC1)NC1CC2CCC1O2. The van der Waals surface area contributed by atoms with Crippen molar-refractivity contribution in [2.24, 2.45) is 4.99 Å². The fraction of sp³-hybridized carbons (Fsp3) is 0.950. The van der Waals surface area contributed by atoms with E-state index in [-0.39, 0.29) is 0 Å². The molecule has 3 atom stereocenters. The summed E-state index contributed by atoms with van der Waals surface area (Å²) in [6.07, 6.45) is 11.2. The van der Waals surface area contributed by atoms with Crippen molar-refractivity contribution >= 4 is 17.7 Å². The Morgan fingerprint density at radius 3 is 2.65 bits per heavy atom. The lowest BCUT2D eigenvalue weighted by Crippen LogP contribution is -2.56. The molecule has 2 bridgehead atoms. The monoisotopic (exact) mass is 380 g/mol. The number of aliphatic imine (C=N–C) groups is 1. The number of rotatable bonds is 5. The molecular formula is C20H36N4OS. The van der Waals surface area contributed by atoms with Gasteiger partial charge in [-0.3, -0.25) is 9.89 Å². The van der Waals surface area contributed by atoms with Crippen molar-refractivity contribution in [3.63, 3.8) is 0 Å². The fourth-order valence-corrected chi connectivity index (χ4v) is 6.24. The summed E-state index contributed by atoms with van der Waals surface area (Å²) < 4.78 is 6.02. The standard InChI is InChI=1S/C20H36N4OS/c1-2-21-19(23-17-14-16-6-7-18(17)25-16)22-15-20(8-4-3-5-9-20)24-10-12-26-13-11-24/h16-18H,2-15H2,1H3,(H2,21,22,23). The average Bonchev–Trinajstić information content (AvgIpc) is 3.31. The molecule has 3 saturated heterocycles. The molecule has 0 spiro atoms. The van der Waals surface area contributed by atoms with Gasteiger partial charge in [0.05, 0.1) is 24.8 Å².